The van der Waals surface area contributed by atoms with Crippen molar-refractivity contribution in [2.75, 3.05) is 19.0 Å². The summed E-state index contributed by atoms with van der Waals surface area (Å²) >= 11 is 1.23. The molecule has 0 aromatic carbocycles. The molecule has 0 fully saturated rings. The van der Waals surface area contributed by atoms with Crippen molar-refractivity contribution in [3.63, 3.8) is 0 Å². The minimum absolute atomic E-state index is 0.201. The molecule has 8 nitrogen and oxygen atoms in total. The monoisotopic (exact) mass is 457 g/mol. The van der Waals surface area contributed by atoms with Crippen molar-refractivity contribution in [2.24, 2.45) is 0 Å². The van der Waals surface area contributed by atoms with Crippen LogP contribution in [0.2, 0.25) is 0 Å². The van der Waals surface area contributed by atoms with Gasteiger partial charge < -0.3 is 19.4 Å². The molecule has 2 heterocycles. The number of carbonyl (C=O) groups excluding carboxylic acids is 3. The van der Waals surface area contributed by atoms with Gasteiger partial charge in [0, 0.05) is 22.8 Å². The smallest absolute Gasteiger partial charge is 0.349 e. The van der Waals surface area contributed by atoms with E-state index in [1.807, 2.05) is 32.9 Å². The van der Waals surface area contributed by atoms with Gasteiger partial charge in [0.15, 0.2) is 6.61 Å². The average molecular weight is 458 g/mol. The van der Waals surface area contributed by atoms with Gasteiger partial charge >= 0.3 is 11.9 Å². The summed E-state index contributed by atoms with van der Waals surface area (Å²) < 4.78 is 11.9. The summed E-state index contributed by atoms with van der Waals surface area (Å²) in [4.78, 5) is 37.5. The van der Waals surface area contributed by atoms with Crippen molar-refractivity contribution in [3.05, 3.63) is 44.6 Å². The van der Waals surface area contributed by atoms with Gasteiger partial charge in [-0.25, -0.2) is 9.59 Å². The number of hydrogen-bond acceptors (Lipinski definition) is 7. The maximum absolute atomic E-state index is 12.4. The van der Waals surface area contributed by atoms with Crippen molar-refractivity contribution in [1.82, 2.24) is 4.57 Å². The molecule has 32 heavy (non-hydrogen) atoms. The molecule has 2 aromatic heterocycles. The van der Waals surface area contributed by atoms with E-state index >= 15 is 0 Å². The predicted octanol–water partition coefficient (Wildman–Crippen LogP) is 4.07. The number of anilines is 1. The molecule has 0 atom stereocenters. The van der Waals surface area contributed by atoms with E-state index in [2.05, 4.69) is 16.8 Å². The number of aromatic nitrogens is 1. The third-order valence-electron chi connectivity index (χ3n) is 5.06. The quantitative estimate of drug-likeness (QED) is 0.363. The Morgan fingerprint density at radius 3 is 2.53 bits per heavy atom. The number of nitriles is 1. The number of esters is 2. The van der Waals surface area contributed by atoms with Crippen LogP contribution >= 0.6 is 11.3 Å². The van der Waals surface area contributed by atoms with Crippen molar-refractivity contribution >= 4 is 40.3 Å². The highest BCUT2D eigenvalue weighted by Gasteiger charge is 2.22. The molecule has 0 radical (unpaired) electrons. The van der Waals surface area contributed by atoms with Crippen LogP contribution < -0.4 is 5.32 Å². The molecule has 170 valence electrons. The summed E-state index contributed by atoms with van der Waals surface area (Å²) in [5, 5.41) is 12.3. The van der Waals surface area contributed by atoms with Crippen LogP contribution in [0.15, 0.2) is 11.6 Å². The van der Waals surface area contributed by atoms with E-state index in [1.165, 1.54) is 24.5 Å². The number of nitrogens with one attached hydrogen (secondary N) is 1. The molecule has 0 unspecified atom stereocenters. The zero-order valence-corrected chi connectivity index (χ0v) is 19.9. The van der Waals surface area contributed by atoms with E-state index in [-0.39, 0.29) is 11.1 Å². The van der Waals surface area contributed by atoms with Gasteiger partial charge in [-0.2, -0.15) is 5.26 Å². The molecule has 2 aromatic rings. The number of hydrogen-bond donors (Lipinski definition) is 1. The Labute approximate surface area is 191 Å². The van der Waals surface area contributed by atoms with E-state index in [9.17, 15) is 19.6 Å². The number of aryl methyl sites for hydroxylation is 2. The Kier molecular flexibility index (Phi) is 8.38. The second-order valence-electron chi connectivity index (χ2n) is 7.25. The van der Waals surface area contributed by atoms with Crippen LogP contribution in [0.3, 0.4) is 0 Å². The molecule has 1 amide bonds. The first kappa shape index (κ1) is 24.9. The molecule has 2 rings (SSSR count). The Morgan fingerprint density at radius 1 is 1.25 bits per heavy atom. The fraction of sp³-hybridized carbons (Fsp3) is 0.391. The van der Waals surface area contributed by atoms with Gasteiger partial charge in [0.1, 0.15) is 16.6 Å². The van der Waals surface area contributed by atoms with Crippen LogP contribution in [0, 0.1) is 39.0 Å². The minimum atomic E-state index is -0.894. The molecule has 0 aliphatic rings. The van der Waals surface area contributed by atoms with Crippen molar-refractivity contribution < 1.29 is 23.9 Å². The van der Waals surface area contributed by atoms with E-state index in [0.717, 1.165) is 34.8 Å². The lowest BCUT2D eigenvalue weighted by Gasteiger charge is -2.08. The summed E-state index contributed by atoms with van der Waals surface area (Å²) in [5.41, 5.74) is 3.51. The van der Waals surface area contributed by atoms with Crippen LogP contribution in [-0.2, 0) is 25.6 Å². The van der Waals surface area contributed by atoms with Gasteiger partial charge in [0.25, 0.3) is 5.91 Å². The SMILES string of the molecule is CCCn1c(C)cc(C=C(C#N)C(=O)OCC(=O)Nc2sc(C)c(C)c2C(=O)OC)c1C. The van der Waals surface area contributed by atoms with Crippen molar-refractivity contribution in [3.8, 4) is 6.07 Å². The second-order valence-corrected chi connectivity index (χ2v) is 8.48. The zero-order chi connectivity index (χ0) is 24.0. The van der Waals surface area contributed by atoms with Gasteiger partial charge in [-0.1, -0.05) is 6.92 Å². The molecule has 0 saturated heterocycles. The topological polar surface area (TPSA) is 110 Å². The standard InChI is InChI=1S/C23H27N3O5S/c1-7-8-26-13(2)9-17(15(26)4)10-18(11-24)22(28)31-12-19(27)25-21-20(23(29)30-6)14(3)16(5)32-21/h9-10H,7-8,12H2,1-6H3,(H,25,27). The minimum Gasteiger partial charge on any atom is -0.465 e. The first-order valence-corrected chi connectivity index (χ1v) is 10.9. The Balaban J connectivity index is 2.10. The molecule has 1 N–H and O–H groups in total. The van der Waals surface area contributed by atoms with Gasteiger partial charge in [-0.15, -0.1) is 11.3 Å². The maximum atomic E-state index is 12.4. The van der Waals surface area contributed by atoms with E-state index < -0.39 is 24.5 Å². The lowest BCUT2D eigenvalue weighted by molar-refractivity contribution is -0.142. The van der Waals surface area contributed by atoms with Gasteiger partial charge in [-0.05, 0) is 57.4 Å². The molecular formula is C23H27N3O5S. The molecule has 0 aliphatic heterocycles. The maximum Gasteiger partial charge on any atom is 0.349 e. The highest BCUT2D eigenvalue weighted by atomic mass is 32.1. The second kappa shape index (κ2) is 10.8. The number of methoxy groups -OCH3 is 1. The molecule has 0 bridgehead atoms. The summed E-state index contributed by atoms with van der Waals surface area (Å²) in [5.74, 6) is -2.08. The predicted molar refractivity (Wildman–Crippen MR) is 123 cm³/mol. The third kappa shape index (κ3) is 5.45. The lowest BCUT2D eigenvalue weighted by Crippen LogP contribution is -2.22. The van der Waals surface area contributed by atoms with Crippen LogP contribution in [0.25, 0.3) is 6.08 Å². The molecule has 0 aliphatic carbocycles. The van der Waals surface area contributed by atoms with Gasteiger partial charge in [0.05, 0.1) is 12.7 Å². The summed E-state index contributed by atoms with van der Waals surface area (Å²) in [6, 6.07) is 3.74. The number of amides is 1. The number of ether oxygens (including phenoxy) is 2. The highest BCUT2D eigenvalue weighted by molar-refractivity contribution is 7.16. The first-order chi connectivity index (χ1) is 15.1. The number of carbonyl (C=O) groups is 3. The summed E-state index contributed by atoms with van der Waals surface area (Å²) in [6.45, 7) is 9.79. The Morgan fingerprint density at radius 2 is 1.94 bits per heavy atom. The van der Waals surface area contributed by atoms with Crippen LogP contribution in [0.5, 0.6) is 0 Å². The molecular weight excluding hydrogens is 430 g/mol. The third-order valence-corrected chi connectivity index (χ3v) is 6.19. The number of rotatable bonds is 8. The fourth-order valence-corrected chi connectivity index (χ4v) is 4.33. The normalized spacial score (nSPS) is 11.1. The summed E-state index contributed by atoms with van der Waals surface area (Å²) in [7, 11) is 1.26. The van der Waals surface area contributed by atoms with Crippen LogP contribution in [0.1, 0.15) is 51.1 Å². The fourth-order valence-electron chi connectivity index (χ4n) is 3.27. The van der Waals surface area contributed by atoms with Crippen molar-refractivity contribution in [2.45, 2.75) is 47.6 Å². The van der Waals surface area contributed by atoms with Crippen LogP contribution in [-0.4, -0.2) is 36.1 Å². The van der Waals surface area contributed by atoms with Crippen molar-refractivity contribution in [1.29, 1.82) is 5.26 Å². The largest absolute Gasteiger partial charge is 0.465 e. The number of nitrogens with zero attached hydrogens (tertiary/aromatic N) is 2. The van der Waals surface area contributed by atoms with E-state index in [4.69, 9.17) is 9.47 Å². The van der Waals surface area contributed by atoms with Crippen LogP contribution in [0.4, 0.5) is 5.00 Å². The van der Waals surface area contributed by atoms with Gasteiger partial charge in [-0.3, -0.25) is 4.79 Å². The molecule has 0 saturated carbocycles. The van der Waals surface area contributed by atoms with Gasteiger partial charge in [0.2, 0.25) is 0 Å². The van der Waals surface area contributed by atoms with E-state index in [1.54, 1.807) is 6.92 Å². The lowest BCUT2D eigenvalue weighted by atomic mass is 10.1. The first-order valence-electron chi connectivity index (χ1n) is 10.1. The van der Waals surface area contributed by atoms with E-state index in [0.29, 0.717) is 10.6 Å². The zero-order valence-electron chi connectivity index (χ0n) is 19.1. The molecule has 0 spiro atoms. The highest BCUT2D eigenvalue weighted by Crippen LogP contribution is 2.32. The Hall–Kier alpha value is -3.38. The average Bonchev–Trinajstić information content (AvgIpc) is 3.19. The molecule has 9 heteroatoms. The Bertz CT molecular complexity index is 1120. The number of thiophene rings is 1. The summed E-state index contributed by atoms with van der Waals surface area (Å²) in [6.07, 6.45) is 2.43.